The first-order valence-electron chi connectivity index (χ1n) is 9.72. The van der Waals surface area contributed by atoms with Crippen molar-refractivity contribution in [2.24, 2.45) is 16.7 Å². The van der Waals surface area contributed by atoms with E-state index in [-0.39, 0.29) is 32.9 Å². The number of ketones is 1. The van der Waals surface area contributed by atoms with Crippen molar-refractivity contribution in [3.63, 3.8) is 0 Å². The lowest BCUT2D eigenvalue weighted by Crippen LogP contribution is -2.46. The van der Waals surface area contributed by atoms with Gasteiger partial charge in [-0.3, -0.25) is 9.59 Å². The van der Waals surface area contributed by atoms with Crippen molar-refractivity contribution in [3.05, 3.63) is 33.3 Å². The fourth-order valence-electron chi connectivity index (χ4n) is 4.42. The Kier molecular flexibility index (Phi) is 5.71. The number of carbonyl (C=O) groups is 3. The number of aliphatic carboxylic acids is 2. The van der Waals surface area contributed by atoms with Crippen LogP contribution < -0.4 is 4.74 Å². The van der Waals surface area contributed by atoms with Gasteiger partial charge in [0.25, 0.3) is 0 Å². The number of ether oxygens (including phenoxy) is 1. The molecule has 0 spiro atoms. The van der Waals surface area contributed by atoms with E-state index in [2.05, 4.69) is 13.8 Å². The highest BCUT2D eigenvalue weighted by atomic mass is 35.5. The summed E-state index contributed by atoms with van der Waals surface area (Å²) >= 11 is 13.0. The molecule has 0 radical (unpaired) electrons. The maximum atomic E-state index is 12.1. The number of hydrogen-bond donors (Lipinski definition) is 2. The predicted octanol–water partition coefficient (Wildman–Crippen LogP) is 4.88. The first-order chi connectivity index (χ1) is 13.8. The molecule has 3 rings (SSSR count). The van der Waals surface area contributed by atoms with E-state index in [4.69, 9.17) is 27.9 Å². The van der Waals surface area contributed by atoms with Gasteiger partial charge in [-0.05, 0) is 55.9 Å². The Balaban J connectivity index is 2.12. The summed E-state index contributed by atoms with van der Waals surface area (Å²) in [6.45, 7) is 6.74. The van der Waals surface area contributed by atoms with Crippen LogP contribution in [0.5, 0.6) is 5.75 Å². The molecule has 2 atom stereocenters. The van der Waals surface area contributed by atoms with E-state index in [9.17, 15) is 24.6 Å². The van der Waals surface area contributed by atoms with Gasteiger partial charge in [0.05, 0.1) is 5.02 Å². The molecular weight excluding hydrogens is 431 g/mol. The van der Waals surface area contributed by atoms with Crippen LogP contribution in [0.4, 0.5) is 0 Å². The quantitative estimate of drug-likeness (QED) is 0.634. The molecule has 162 valence electrons. The fraction of sp³-hybridized carbons (Fsp3) is 0.500. The topological polar surface area (TPSA) is 101 Å². The fourth-order valence-corrected chi connectivity index (χ4v) is 4.93. The third kappa shape index (κ3) is 3.40. The largest absolute Gasteiger partial charge is 0.481 e. The molecule has 30 heavy (non-hydrogen) atoms. The van der Waals surface area contributed by atoms with Crippen LogP contribution in [0.15, 0.2) is 12.1 Å². The number of fused-ring (bicyclic) bond motifs is 3. The van der Waals surface area contributed by atoms with E-state index in [1.54, 1.807) is 12.1 Å². The van der Waals surface area contributed by atoms with Crippen molar-refractivity contribution in [3.8, 4) is 5.75 Å². The predicted molar refractivity (Wildman–Crippen MR) is 113 cm³/mol. The van der Waals surface area contributed by atoms with Crippen molar-refractivity contribution in [2.45, 2.75) is 53.1 Å². The van der Waals surface area contributed by atoms with Gasteiger partial charge in [-0.1, -0.05) is 37.0 Å². The molecule has 0 aromatic heterocycles. The number of allylic oxidation sites excluding steroid dienone is 2. The Morgan fingerprint density at radius 1 is 1.20 bits per heavy atom. The SMILES string of the molecule is CC(C)C12CCC(=O)C=C1c1c(cc(OC(C(=O)O)C(C)(C)C(=O)O)c(Cl)c1Cl)C2. The smallest absolute Gasteiger partial charge is 0.346 e. The molecule has 0 aliphatic heterocycles. The van der Waals surface area contributed by atoms with Crippen LogP contribution >= 0.6 is 23.2 Å². The number of rotatable bonds is 6. The summed E-state index contributed by atoms with van der Waals surface area (Å²) in [7, 11) is 0. The molecule has 0 saturated heterocycles. The summed E-state index contributed by atoms with van der Waals surface area (Å²) in [5.41, 5.74) is 0.409. The number of halogens is 2. The molecule has 2 aliphatic rings. The number of carbonyl (C=O) groups excluding carboxylic acids is 1. The minimum atomic E-state index is -1.71. The van der Waals surface area contributed by atoms with Gasteiger partial charge in [-0.15, -0.1) is 0 Å². The van der Waals surface area contributed by atoms with Crippen LogP contribution in [-0.2, 0) is 20.8 Å². The minimum Gasteiger partial charge on any atom is -0.481 e. The molecule has 1 aromatic rings. The lowest BCUT2D eigenvalue weighted by Gasteiger charge is -2.37. The maximum Gasteiger partial charge on any atom is 0.346 e. The van der Waals surface area contributed by atoms with Crippen molar-refractivity contribution in [2.75, 3.05) is 0 Å². The zero-order valence-corrected chi connectivity index (χ0v) is 18.7. The lowest BCUT2D eigenvalue weighted by molar-refractivity contribution is -0.164. The first-order valence-corrected chi connectivity index (χ1v) is 10.5. The average molecular weight is 455 g/mol. The number of carboxylic acids is 2. The van der Waals surface area contributed by atoms with Crippen molar-refractivity contribution < 1.29 is 29.3 Å². The van der Waals surface area contributed by atoms with Gasteiger partial charge in [-0.2, -0.15) is 0 Å². The number of hydrogen-bond acceptors (Lipinski definition) is 4. The molecule has 0 saturated carbocycles. The molecule has 6 nitrogen and oxygen atoms in total. The molecule has 2 unspecified atom stereocenters. The van der Waals surface area contributed by atoms with Gasteiger partial charge in [0.1, 0.15) is 16.2 Å². The van der Waals surface area contributed by atoms with Crippen molar-refractivity contribution >= 4 is 46.5 Å². The Bertz CT molecular complexity index is 978. The lowest BCUT2D eigenvalue weighted by atomic mass is 9.66. The molecule has 0 heterocycles. The highest BCUT2D eigenvalue weighted by molar-refractivity contribution is 6.44. The van der Waals surface area contributed by atoms with Crippen LogP contribution in [0, 0.1) is 16.7 Å². The van der Waals surface area contributed by atoms with Gasteiger partial charge in [-0.25, -0.2) is 4.79 Å². The average Bonchev–Trinajstić information content (AvgIpc) is 2.97. The summed E-state index contributed by atoms with van der Waals surface area (Å²) in [6.07, 6.45) is 1.74. The van der Waals surface area contributed by atoms with E-state index in [1.165, 1.54) is 13.8 Å². The Morgan fingerprint density at radius 2 is 1.83 bits per heavy atom. The molecule has 0 fully saturated rings. The van der Waals surface area contributed by atoms with Crippen LogP contribution in [0.2, 0.25) is 10.0 Å². The van der Waals surface area contributed by atoms with Crippen molar-refractivity contribution in [1.82, 2.24) is 0 Å². The first kappa shape index (κ1) is 22.6. The Morgan fingerprint density at radius 3 is 2.37 bits per heavy atom. The molecule has 0 amide bonds. The van der Waals surface area contributed by atoms with Gasteiger partial charge in [0, 0.05) is 17.4 Å². The third-order valence-corrected chi connectivity index (χ3v) is 7.32. The zero-order valence-electron chi connectivity index (χ0n) is 17.2. The second kappa shape index (κ2) is 7.57. The van der Waals surface area contributed by atoms with Crippen LogP contribution in [0.25, 0.3) is 5.57 Å². The summed E-state index contributed by atoms with van der Waals surface area (Å²) in [4.78, 5) is 35.5. The highest BCUT2D eigenvalue weighted by Gasteiger charge is 2.49. The van der Waals surface area contributed by atoms with Gasteiger partial charge in [0.15, 0.2) is 5.78 Å². The molecule has 2 aliphatic carbocycles. The molecule has 1 aromatic carbocycles. The normalized spacial score (nSPS) is 21.7. The number of benzene rings is 1. The Hall–Kier alpha value is -2.05. The summed E-state index contributed by atoms with van der Waals surface area (Å²) in [5, 5.41) is 19.2. The zero-order chi connectivity index (χ0) is 22.6. The summed E-state index contributed by atoms with van der Waals surface area (Å²) in [5.74, 6) is -2.44. The van der Waals surface area contributed by atoms with Crippen LogP contribution in [0.3, 0.4) is 0 Å². The van der Waals surface area contributed by atoms with E-state index >= 15 is 0 Å². The monoisotopic (exact) mass is 454 g/mol. The second-order valence-corrected chi connectivity index (χ2v) is 9.67. The standard InChI is InChI=1S/C22H24Cl2O6/c1-10(2)22-6-5-12(25)8-13(22)15-11(9-22)7-14(16(23)17(15)24)30-18(19(26)27)21(3,4)20(28)29/h7-8,10,18H,5-6,9H2,1-4H3,(H,26,27)(H,28,29). The minimum absolute atomic E-state index is 0.00124. The van der Waals surface area contributed by atoms with E-state index < -0.39 is 23.5 Å². The molecule has 8 heteroatoms. The maximum absolute atomic E-state index is 12.1. The molecular formula is C22H24Cl2O6. The van der Waals surface area contributed by atoms with Gasteiger partial charge in [0.2, 0.25) is 6.10 Å². The van der Waals surface area contributed by atoms with Crippen LogP contribution in [0.1, 0.15) is 51.7 Å². The van der Waals surface area contributed by atoms with Crippen molar-refractivity contribution in [1.29, 1.82) is 0 Å². The molecule has 0 bridgehead atoms. The summed E-state index contributed by atoms with van der Waals surface area (Å²) < 4.78 is 5.62. The van der Waals surface area contributed by atoms with Crippen LogP contribution in [-0.4, -0.2) is 34.0 Å². The molecule has 2 N–H and O–H groups in total. The van der Waals surface area contributed by atoms with Gasteiger partial charge < -0.3 is 14.9 Å². The number of carboxylic acid groups (broad SMARTS) is 2. The Labute approximate surface area is 184 Å². The van der Waals surface area contributed by atoms with E-state index in [0.29, 0.717) is 24.8 Å². The van der Waals surface area contributed by atoms with E-state index in [0.717, 1.165) is 11.1 Å². The highest BCUT2D eigenvalue weighted by Crippen LogP contribution is 2.59. The second-order valence-electron chi connectivity index (χ2n) is 8.91. The van der Waals surface area contributed by atoms with E-state index in [1.807, 2.05) is 0 Å². The van der Waals surface area contributed by atoms with Gasteiger partial charge >= 0.3 is 11.9 Å². The summed E-state index contributed by atoms with van der Waals surface area (Å²) in [6, 6.07) is 1.63. The third-order valence-electron chi connectivity index (χ3n) is 6.47.